The fraction of sp³-hybridized carbons (Fsp3) is 0.444. The highest BCUT2D eigenvalue weighted by molar-refractivity contribution is 5.60. The van der Waals surface area contributed by atoms with Crippen LogP contribution in [0.4, 0.5) is 11.5 Å². The van der Waals surface area contributed by atoms with Crippen molar-refractivity contribution in [2.75, 3.05) is 31.2 Å². The van der Waals surface area contributed by atoms with Crippen LogP contribution in [0.25, 0.3) is 0 Å². The predicted molar refractivity (Wildman–Crippen MR) is 102 cm³/mol. The zero-order valence-electron chi connectivity index (χ0n) is 14.9. The van der Waals surface area contributed by atoms with Gasteiger partial charge in [-0.2, -0.15) is 0 Å². The van der Waals surface area contributed by atoms with E-state index < -0.39 is 11.2 Å². The van der Waals surface area contributed by atoms with Crippen LogP contribution in [0.5, 0.6) is 0 Å². The van der Waals surface area contributed by atoms with Crippen LogP contribution in [-0.4, -0.2) is 34.6 Å². The SMILES string of the molecule is CCCn1c(N)c(NCCCN(C)Cc2ccccc2)c(=O)[nH]c1=O. The van der Waals surface area contributed by atoms with E-state index >= 15 is 0 Å². The van der Waals surface area contributed by atoms with Gasteiger partial charge in [0, 0.05) is 19.6 Å². The van der Waals surface area contributed by atoms with Gasteiger partial charge in [-0.05, 0) is 32.0 Å². The van der Waals surface area contributed by atoms with Crippen LogP contribution in [0.2, 0.25) is 0 Å². The normalized spacial score (nSPS) is 11.0. The number of hydrogen-bond acceptors (Lipinski definition) is 5. The number of aromatic amines is 1. The highest BCUT2D eigenvalue weighted by Crippen LogP contribution is 2.10. The highest BCUT2D eigenvalue weighted by Gasteiger charge is 2.11. The van der Waals surface area contributed by atoms with E-state index in [1.165, 1.54) is 10.1 Å². The zero-order chi connectivity index (χ0) is 18.2. The summed E-state index contributed by atoms with van der Waals surface area (Å²) in [5.41, 5.74) is 6.60. The predicted octanol–water partition coefficient (Wildman–Crippen LogP) is 1.46. The van der Waals surface area contributed by atoms with Gasteiger partial charge in [0.05, 0.1) is 0 Å². The van der Waals surface area contributed by atoms with Gasteiger partial charge in [-0.25, -0.2) is 4.79 Å². The van der Waals surface area contributed by atoms with Gasteiger partial charge < -0.3 is 16.0 Å². The van der Waals surface area contributed by atoms with E-state index in [1.807, 2.05) is 25.1 Å². The van der Waals surface area contributed by atoms with E-state index in [9.17, 15) is 9.59 Å². The van der Waals surface area contributed by atoms with Crippen molar-refractivity contribution in [3.63, 3.8) is 0 Å². The third-order valence-electron chi connectivity index (χ3n) is 4.00. The number of nitrogens with zero attached hydrogens (tertiary/aromatic N) is 2. The number of aromatic nitrogens is 2. The fourth-order valence-electron chi connectivity index (χ4n) is 2.74. The van der Waals surface area contributed by atoms with Gasteiger partial charge in [-0.3, -0.25) is 14.3 Å². The van der Waals surface area contributed by atoms with Gasteiger partial charge >= 0.3 is 5.69 Å². The lowest BCUT2D eigenvalue weighted by molar-refractivity contribution is 0.325. The molecule has 136 valence electrons. The summed E-state index contributed by atoms with van der Waals surface area (Å²) in [6.07, 6.45) is 1.62. The van der Waals surface area contributed by atoms with Crippen molar-refractivity contribution in [1.82, 2.24) is 14.5 Å². The monoisotopic (exact) mass is 345 g/mol. The van der Waals surface area contributed by atoms with Crippen molar-refractivity contribution in [2.24, 2.45) is 0 Å². The van der Waals surface area contributed by atoms with Crippen molar-refractivity contribution in [3.8, 4) is 0 Å². The van der Waals surface area contributed by atoms with Gasteiger partial charge in [-0.15, -0.1) is 0 Å². The topological polar surface area (TPSA) is 96.2 Å². The maximum Gasteiger partial charge on any atom is 0.330 e. The first-order chi connectivity index (χ1) is 12.0. The molecule has 1 aromatic heterocycles. The van der Waals surface area contributed by atoms with Crippen LogP contribution >= 0.6 is 0 Å². The van der Waals surface area contributed by atoms with Crippen LogP contribution in [0.15, 0.2) is 39.9 Å². The van der Waals surface area contributed by atoms with Crippen molar-refractivity contribution in [2.45, 2.75) is 32.9 Å². The lowest BCUT2D eigenvalue weighted by Gasteiger charge is -2.17. The molecule has 0 radical (unpaired) electrons. The molecule has 0 aliphatic carbocycles. The van der Waals surface area contributed by atoms with Gasteiger partial charge in [-0.1, -0.05) is 37.3 Å². The summed E-state index contributed by atoms with van der Waals surface area (Å²) in [6, 6.07) is 10.3. The highest BCUT2D eigenvalue weighted by atomic mass is 16.2. The minimum Gasteiger partial charge on any atom is -0.383 e. The van der Waals surface area contributed by atoms with Gasteiger partial charge in [0.25, 0.3) is 5.56 Å². The second kappa shape index (κ2) is 9.08. The van der Waals surface area contributed by atoms with Crippen molar-refractivity contribution >= 4 is 11.5 Å². The summed E-state index contributed by atoms with van der Waals surface area (Å²) in [7, 11) is 2.07. The Balaban J connectivity index is 1.88. The van der Waals surface area contributed by atoms with E-state index in [-0.39, 0.29) is 11.5 Å². The molecule has 25 heavy (non-hydrogen) atoms. The Bertz CT molecular complexity index is 782. The summed E-state index contributed by atoms with van der Waals surface area (Å²) in [4.78, 5) is 28.3. The number of hydrogen-bond donors (Lipinski definition) is 3. The summed E-state index contributed by atoms with van der Waals surface area (Å²) in [5, 5.41) is 3.07. The molecule has 0 atom stereocenters. The number of nitrogens with two attached hydrogens (primary N) is 1. The molecule has 0 aliphatic heterocycles. The maximum absolute atomic E-state index is 12.0. The molecule has 0 saturated heterocycles. The molecular weight excluding hydrogens is 318 g/mol. The molecule has 1 heterocycles. The van der Waals surface area contributed by atoms with E-state index in [0.717, 1.165) is 25.9 Å². The Morgan fingerprint density at radius 3 is 2.64 bits per heavy atom. The number of anilines is 2. The minimum atomic E-state index is -0.465. The van der Waals surface area contributed by atoms with E-state index in [2.05, 4.69) is 34.4 Å². The Morgan fingerprint density at radius 1 is 1.24 bits per heavy atom. The molecule has 1 aromatic carbocycles. The van der Waals surface area contributed by atoms with Crippen LogP contribution in [0.1, 0.15) is 25.3 Å². The Hall–Kier alpha value is -2.54. The first-order valence-corrected chi connectivity index (χ1v) is 8.61. The summed E-state index contributed by atoms with van der Waals surface area (Å²) >= 11 is 0. The third-order valence-corrected chi connectivity index (χ3v) is 4.00. The first kappa shape index (κ1) is 18.8. The zero-order valence-corrected chi connectivity index (χ0v) is 14.9. The second-order valence-electron chi connectivity index (χ2n) is 6.17. The average Bonchev–Trinajstić information content (AvgIpc) is 2.58. The Morgan fingerprint density at radius 2 is 1.96 bits per heavy atom. The second-order valence-corrected chi connectivity index (χ2v) is 6.17. The fourth-order valence-corrected chi connectivity index (χ4v) is 2.74. The lowest BCUT2D eigenvalue weighted by Crippen LogP contribution is -2.34. The molecule has 7 heteroatoms. The first-order valence-electron chi connectivity index (χ1n) is 8.61. The van der Waals surface area contributed by atoms with E-state index in [4.69, 9.17) is 5.73 Å². The molecule has 0 fully saturated rings. The smallest absolute Gasteiger partial charge is 0.330 e. The molecule has 0 saturated carbocycles. The third kappa shape index (κ3) is 5.22. The molecule has 7 nitrogen and oxygen atoms in total. The van der Waals surface area contributed by atoms with Crippen molar-refractivity contribution < 1.29 is 0 Å². The molecule has 0 unspecified atom stereocenters. The quantitative estimate of drug-likeness (QED) is 0.598. The Kier molecular flexibility index (Phi) is 6.82. The molecular formula is C18H27N5O2. The number of H-pyrrole nitrogens is 1. The average molecular weight is 345 g/mol. The summed E-state index contributed by atoms with van der Waals surface area (Å²) in [6.45, 7) is 4.80. The minimum absolute atomic E-state index is 0.202. The summed E-state index contributed by atoms with van der Waals surface area (Å²) in [5.74, 6) is 0.202. The van der Waals surface area contributed by atoms with Crippen LogP contribution in [-0.2, 0) is 13.1 Å². The number of benzene rings is 1. The maximum atomic E-state index is 12.0. The van der Waals surface area contributed by atoms with Gasteiger partial charge in [0.1, 0.15) is 11.5 Å². The molecule has 0 amide bonds. The van der Waals surface area contributed by atoms with E-state index in [0.29, 0.717) is 13.1 Å². The lowest BCUT2D eigenvalue weighted by atomic mass is 10.2. The number of rotatable bonds is 9. The molecule has 0 bridgehead atoms. The molecule has 0 aliphatic rings. The van der Waals surface area contributed by atoms with Crippen LogP contribution in [0.3, 0.4) is 0 Å². The summed E-state index contributed by atoms with van der Waals surface area (Å²) < 4.78 is 1.39. The van der Waals surface area contributed by atoms with Gasteiger partial charge in [0.15, 0.2) is 0 Å². The number of nitrogen functional groups attached to an aromatic ring is 1. The standard InChI is InChI=1S/C18H27N5O2/c1-3-11-23-16(19)15(17(24)21-18(23)25)20-10-7-12-22(2)13-14-8-5-4-6-9-14/h4-6,8-9,20H,3,7,10-13,19H2,1-2H3,(H,21,24,25). The van der Waals surface area contributed by atoms with Crippen molar-refractivity contribution in [3.05, 3.63) is 56.7 Å². The van der Waals surface area contributed by atoms with Crippen molar-refractivity contribution in [1.29, 1.82) is 0 Å². The Labute approximate surface area is 147 Å². The van der Waals surface area contributed by atoms with Crippen LogP contribution in [0, 0.1) is 0 Å². The molecule has 2 rings (SSSR count). The number of nitrogens with one attached hydrogen (secondary N) is 2. The molecule has 0 spiro atoms. The van der Waals surface area contributed by atoms with E-state index in [1.54, 1.807) is 0 Å². The van der Waals surface area contributed by atoms with Gasteiger partial charge in [0.2, 0.25) is 0 Å². The largest absolute Gasteiger partial charge is 0.383 e. The van der Waals surface area contributed by atoms with Crippen LogP contribution < -0.4 is 22.3 Å². The molecule has 2 aromatic rings. The molecule has 4 N–H and O–H groups in total.